The van der Waals surface area contributed by atoms with Crippen LogP contribution in [0.15, 0.2) is 45.6 Å². The van der Waals surface area contributed by atoms with Gasteiger partial charge in [-0.05, 0) is 61.2 Å². The summed E-state index contributed by atoms with van der Waals surface area (Å²) >= 11 is 0. The number of rotatable bonds is 4. The number of phenolic OH excluding ortho intramolecular Hbond substituents is 1. The van der Waals surface area contributed by atoms with Crippen molar-refractivity contribution in [2.75, 3.05) is 13.1 Å². The van der Waals surface area contributed by atoms with E-state index in [4.69, 9.17) is 9.15 Å². The van der Waals surface area contributed by atoms with E-state index in [1.54, 1.807) is 12.1 Å². The number of hydrogen-bond acceptors (Lipinski definition) is 5. The van der Waals surface area contributed by atoms with Gasteiger partial charge in [0.25, 0.3) is 5.76 Å². The number of fused-ring (bicyclic) bond motifs is 1. The molecule has 2 aromatic carbocycles. The first-order valence-electron chi connectivity index (χ1n) is 10.8. The molecular weight excluding hydrogens is 435 g/mol. The number of benzene rings is 2. The summed E-state index contributed by atoms with van der Waals surface area (Å²) in [5.41, 5.74) is -0.219. The molecule has 1 N–H and O–H groups in total. The highest BCUT2D eigenvalue weighted by atomic mass is 19.4. The van der Waals surface area contributed by atoms with Crippen LogP contribution in [-0.4, -0.2) is 23.1 Å². The fraction of sp³-hybridized carbons (Fsp3) is 0.400. The SMILES string of the molecule is CC(C)(C)c1ccc(Oc2c(C(F)(F)F)oc3c(CN4CCCC4)c(O)ccc3c2=O)cc1. The van der Waals surface area contributed by atoms with Gasteiger partial charge in [-0.1, -0.05) is 32.9 Å². The molecule has 33 heavy (non-hydrogen) atoms. The Balaban J connectivity index is 1.83. The summed E-state index contributed by atoms with van der Waals surface area (Å²) in [6.45, 7) is 7.75. The Bertz CT molecular complexity index is 1220. The molecule has 0 spiro atoms. The number of ether oxygens (including phenoxy) is 1. The molecule has 176 valence electrons. The average Bonchev–Trinajstić information content (AvgIpc) is 3.24. The second-order valence-electron chi connectivity index (χ2n) is 9.39. The predicted molar refractivity (Wildman–Crippen MR) is 119 cm³/mol. The number of alkyl halides is 3. The van der Waals surface area contributed by atoms with Crippen LogP contribution in [0.1, 0.15) is 50.5 Å². The van der Waals surface area contributed by atoms with Crippen LogP contribution in [0.5, 0.6) is 17.2 Å². The standard InChI is InChI=1S/C25H26F3NO4/c1-24(2,3)15-6-8-16(9-7-15)32-22-20(31)17-10-11-19(30)18(14-29-12-4-5-13-29)21(17)33-23(22)25(26,27)28/h6-11,30H,4-5,12-14H2,1-3H3. The summed E-state index contributed by atoms with van der Waals surface area (Å²) in [5.74, 6) is -2.56. The fourth-order valence-electron chi connectivity index (χ4n) is 4.02. The predicted octanol–water partition coefficient (Wildman–Crippen LogP) is 6.20. The molecule has 0 unspecified atom stereocenters. The van der Waals surface area contributed by atoms with Crippen molar-refractivity contribution in [3.63, 3.8) is 0 Å². The Morgan fingerprint density at radius 1 is 1.03 bits per heavy atom. The van der Waals surface area contributed by atoms with Crippen LogP contribution >= 0.6 is 0 Å². The fourth-order valence-corrected chi connectivity index (χ4v) is 4.02. The van der Waals surface area contributed by atoms with E-state index in [-0.39, 0.29) is 40.0 Å². The lowest BCUT2D eigenvalue weighted by Crippen LogP contribution is -2.20. The molecule has 4 rings (SSSR count). The maximum atomic E-state index is 13.9. The third-order valence-electron chi connectivity index (χ3n) is 5.88. The van der Waals surface area contributed by atoms with E-state index in [1.807, 2.05) is 25.7 Å². The van der Waals surface area contributed by atoms with Crippen LogP contribution in [0.2, 0.25) is 0 Å². The summed E-state index contributed by atoms with van der Waals surface area (Å²) in [6, 6.07) is 9.12. The molecule has 5 nitrogen and oxygen atoms in total. The summed E-state index contributed by atoms with van der Waals surface area (Å²) in [6.07, 6.45) is -3.03. The first-order chi connectivity index (χ1) is 15.4. The molecule has 1 aliphatic heterocycles. The van der Waals surface area contributed by atoms with Gasteiger partial charge in [0, 0.05) is 6.54 Å². The van der Waals surface area contributed by atoms with Gasteiger partial charge in [0.15, 0.2) is 0 Å². The number of hydrogen-bond donors (Lipinski definition) is 1. The molecule has 0 radical (unpaired) electrons. The normalized spacial score (nSPS) is 15.3. The molecule has 0 saturated carbocycles. The zero-order chi connectivity index (χ0) is 24.0. The lowest BCUT2D eigenvalue weighted by Gasteiger charge is -2.20. The highest BCUT2D eigenvalue weighted by Crippen LogP contribution is 2.40. The Morgan fingerprint density at radius 2 is 1.67 bits per heavy atom. The zero-order valence-electron chi connectivity index (χ0n) is 18.8. The van der Waals surface area contributed by atoms with E-state index >= 15 is 0 Å². The molecule has 1 fully saturated rings. The third kappa shape index (κ3) is 4.71. The smallest absolute Gasteiger partial charge is 0.453 e. The molecule has 1 aliphatic rings. The van der Waals surface area contributed by atoms with Crippen molar-refractivity contribution in [1.82, 2.24) is 4.90 Å². The van der Waals surface area contributed by atoms with E-state index < -0.39 is 23.1 Å². The summed E-state index contributed by atoms with van der Waals surface area (Å²) in [7, 11) is 0. The highest BCUT2D eigenvalue weighted by molar-refractivity contribution is 5.83. The molecule has 1 saturated heterocycles. The average molecular weight is 461 g/mol. The summed E-state index contributed by atoms with van der Waals surface area (Å²) in [5, 5.41) is 10.3. The van der Waals surface area contributed by atoms with Crippen molar-refractivity contribution < 1.29 is 27.4 Å². The Labute approximate surface area is 189 Å². The Morgan fingerprint density at radius 3 is 2.24 bits per heavy atom. The highest BCUT2D eigenvalue weighted by Gasteiger charge is 2.41. The lowest BCUT2D eigenvalue weighted by atomic mass is 9.87. The van der Waals surface area contributed by atoms with E-state index in [2.05, 4.69) is 0 Å². The largest absolute Gasteiger partial charge is 0.507 e. The van der Waals surface area contributed by atoms with E-state index in [9.17, 15) is 23.1 Å². The summed E-state index contributed by atoms with van der Waals surface area (Å²) in [4.78, 5) is 15.1. The van der Waals surface area contributed by atoms with Crippen LogP contribution in [0.3, 0.4) is 0 Å². The van der Waals surface area contributed by atoms with Gasteiger partial charge in [0.05, 0.1) is 10.9 Å². The van der Waals surface area contributed by atoms with Gasteiger partial charge >= 0.3 is 6.18 Å². The first kappa shape index (κ1) is 23.2. The van der Waals surface area contributed by atoms with E-state index in [0.717, 1.165) is 31.5 Å². The zero-order valence-corrected chi connectivity index (χ0v) is 18.8. The molecule has 0 aliphatic carbocycles. The van der Waals surface area contributed by atoms with Crippen molar-refractivity contribution >= 4 is 11.0 Å². The maximum absolute atomic E-state index is 13.9. The molecular formula is C25H26F3NO4. The van der Waals surface area contributed by atoms with Crippen LogP contribution in [0, 0.1) is 0 Å². The first-order valence-corrected chi connectivity index (χ1v) is 10.8. The van der Waals surface area contributed by atoms with Crippen molar-refractivity contribution in [3.05, 3.63) is 63.5 Å². The maximum Gasteiger partial charge on any atom is 0.453 e. The van der Waals surface area contributed by atoms with Crippen LogP contribution in [0.4, 0.5) is 13.2 Å². The van der Waals surface area contributed by atoms with Gasteiger partial charge in [0.1, 0.15) is 17.1 Å². The summed E-state index contributed by atoms with van der Waals surface area (Å²) < 4.78 is 52.5. The topological polar surface area (TPSA) is 62.9 Å². The minimum atomic E-state index is -4.97. The molecule has 2 heterocycles. The second-order valence-corrected chi connectivity index (χ2v) is 9.39. The van der Waals surface area contributed by atoms with Gasteiger partial charge in [0.2, 0.25) is 11.2 Å². The molecule has 0 atom stereocenters. The quantitative estimate of drug-likeness (QED) is 0.501. The molecule has 1 aromatic heterocycles. The van der Waals surface area contributed by atoms with Gasteiger partial charge in [-0.2, -0.15) is 13.2 Å². The van der Waals surface area contributed by atoms with Crippen molar-refractivity contribution in [1.29, 1.82) is 0 Å². The van der Waals surface area contributed by atoms with Crippen LogP contribution in [0.25, 0.3) is 11.0 Å². The number of aromatic hydroxyl groups is 1. The van der Waals surface area contributed by atoms with E-state index in [1.165, 1.54) is 24.3 Å². The number of phenols is 1. The van der Waals surface area contributed by atoms with Crippen molar-refractivity contribution in [3.8, 4) is 17.2 Å². The molecule has 8 heteroatoms. The Hall–Kier alpha value is -3.00. The third-order valence-corrected chi connectivity index (χ3v) is 5.88. The van der Waals surface area contributed by atoms with Crippen LogP contribution < -0.4 is 10.2 Å². The minimum absolute atomic E-state index is 0.0729. The van der Waals surface area contributed by atoms with Gasteiger partial charge in [-0.25, -0.2) is 0 Å². The molecule has 0 amide bonds. The number of nitrogens with zero attached hydrogens (tertiary/aromatic N) is 1. The van der Waals surface area contributed by atoms with E-state index in [0.29, 0.717) is 0 Å². The lowest BCUT2D eigenvalue weighted by molar-refractivity contribution is -0.154. The second kappa shape index (κ2) is 8.41. The number of likely N-dealkylation sites (tertiary alicyclic amines) is 1. The Kier molecular flexibility index (Phi) is 5.90. The monoisotopic (exact) mass is 461 g/mol. The number of halogens is 3. The van der Waals surface area contributed by atoms with Gasteiger partial charge in [-0.3, -0.25) is 9.69 Å². The molecule has 3 aromatic rings. The van der Waals surface area contributed by atoms with Crippen molar-refractivity contribution in [2.24, 2.45) is 0 Å². The molecule has 0 bridgehead atoms. The van der Waals surface area contributed by atoms with Crippen LogP contribution in [-0.2, 0) is 18.1 Å². The minimum Gasteiger partial charge on any atom is -0.507 e. The van der Waals surface area contributed by atoms with Gasteiger partial charge < -0.3 is 14.3 Å². The van der Waals surface area contributed by atoms with Gasteiger partial charge in [-0.15, -0.1) is 0 Å². The van der Waals surface area contributed by atoms with Crippen molar-refractivity contribution in [2.45, 2.75) is 51.7 Å².